The lowest BCUT2D eigenvalue weighted by atomic mass is 9.85. The number of aliphatic carboxylic acids is 1. The summed E-state index contributed by atoms with van der Waals surface area (Å²) in [4.78, 5) is 12.7. The Morgan fingerprint density at radius 3 is 2.71 bits per heavy atom. The van der Waals surface area contributed by atoms with Gasteiger partial charge in [-0.25, -0.2) is 4.39 Å². The molecule has 0 spiro atoms. The maximum atomic E-state index is 13.6. The Balaban J connectivity index is 1.77. The van der Waals surface area contributed by atoms with Gasteiger partial charge in [-0.1, -0.05) is 13.0 Å². The van der Waals surface area contributed by atoms with Gasteiger partial charge in [0.2, 0.25) is 0 Å². The monoisotopic (exact) mass is 346 g/mol. The number of nitrogens with one attached hydrogen (secondary N) is 1. The fourth-order valence-corrected chi connectivity index (χ4v) is 2.83. The van der Waals surface area contributed by atoms with Crippen molar-refractivity contribution in [1.29, 1.82) is 0 Å². The van der Waals surface area contributed by atoms with E-state index >= 15 is 0 Å². The first-order valence-electron chi connectivity index (χ1n) is 7.81. The van der Waals surface area contributed by atoms with Gasteiger partial charge in [-0.3, -0.25) is 9.69 Å². The fourth-order valence-electron chi connectivity index (χ4n) is 2.83. The highest BCUT2D eigenvalue weighted by Gasteiger charge is 2.33. The van der Waals surface area contributed by atoms with Gasteiger partial charge in [0.05, 0.1) is 6.54 Å². The summed E-state index contributed by atoms with van der Waals surface area (Å²) in [5.74, 6) is -2.13. The zero-order chi connectivity index (χ0) is 17.7. The summed E-state index contributed by atoms with van der Waals surface area (Å²) in [5.41, 5.74) is 0.635. The highest BCUT2D eigenvalue weighted by atomic mass is 19.3. The maximum absolute atomic E-state index is 13.6. The van der Waals surface area contributed by atoms with Crippen LogP contribution in [0.25, 0.3) is 0 Å². The maximum Gasteiger partial charge on any atom is 0.387 e. The topological polar surface area (TPSA) is 61.8 Å². The molecular formula is C16H21F3N2O3. The predicted octanol–water partition coefficient (Wildman–Crippen LogP) is 2.45. The van der Waals surface area contributed by atoms with Crippen molar-refractivity contribution in [3.63, 3.8) is 0 Å². The predicted molar refractivity (Wildman–Crippen MR) is 81.6 cm³/mol. The Morgan fingerprint density at radius 1 is 1.46 bits per heavy atom. The Morgan fingerprint density at radius 2 is 2.17 bits per heavy atom. The second-order valence-corrected chi connectivity index (χ2v) is 5.80. The SMILES string of the molecule is CCN(CC(=O)O)C1CC(NCc2ccc(OC(F)F)c(F)c2)C1. The fraction of sp³-hybridized carbons (Fsp3) is 0.562. The first-order valence-corrected chi connectivity index (χ1v) is 7.81. The molecule has 1 fully saturated rings. The van der Waals surface area contributed by atoms with E-state index in [2.05, 4.69) is 10.1 Å². The van der Waals surface area contributed by atoms with E-state index in [1.165, 1.54) is 18.2 Å². The zero-order valence-electron chi connectivity index (χ0n) is 13.3. The molecule has 0 bridgehead atoms. The van der Waals surface area contributed by atoms with Crippen LogP contribution < -0.4 is 10.1 Å². The second kappa shape index (κ2) is 8.34. The summed E-state index contributed by atoms with van der Waals surface area (Å²) in [6.45, 7) is -0.00245. The largest absolute Gasteiger partial charge is 0.480 e. The van der Waals surface area contributed by atoms with Crippen LogP contribution in [0, 0.1) is 5.82 Å². The first-order chi connectivity index (χ1) is 11.4. The third-order valence-corrected chi connectivity index (χ3v) is 4.18. The van der Waals surface area contributed by atoms with E-state index in [-0.39, 0.29) is 18.6 Å². The third kappa shape index (κ3) is 5.10. The Labute approximate surface area is 138 Å². The van der Waals surface area contributed by atoms with Crippen molar-refractivity contribution in [2.24, 2.45) is 0 Å². The number of alkyl halides is 2. The van der Waals surface area contributed by atoms with Gasteiger partial charge in [0.25, 0.3) is 0 Å². The van der Waals surface area contributed by atoms with Crippen LogP contribution in [0.2, 0.25) is 0 Å². The van der Waals surface area contributed by atoms with Crippen molar-refractivity contribution in [2.75, 3.05) is 13.1 Å². The molecule has 5 nitrogen and oxygen atoms in total. The second-order valence-electron chi connectivity index (χ2n) is 5.80. The van der Waals surface area contributed by atoms with Crippen LogP contribution in [-0.4, -0.2) is 47.8 Å². The smallest absolute Gasteiger partial charge is 0.387 e. The Kier molecular flexibility index (Phi) is 6.44. The molecule has 1 aliphatic rings. The number of rotatable bonds is 9. The third-order valence-electron chi connectivity index (χ3n) is 4.18. The van der Waals surface area contributed by atoms with Crippen LogP contribution in [0.4, 0.5) is 13.2 Å². The van der Waals surface area contributed by atoms with E-state index in [0.29, 0.717) is 18.7 Å². The summed E-state index contributed by atoms with van der Waals surface area (Å²) >= 11 is 0. The van der Waals surface area contributed by atoms with Crippen LogP contribution in [0.1, 0.15) is 25.3 Å². The molecular weight excluding hydrogens is 325 g/mol. The average molecular weight is 346 g/mol. The summed E-state index contributed by atoms with van der Waals surface area (Å²) in [7, 11) is 0. The number of nitrogens with zero attached hydrogens (tertiary/aromatic N) is 1. The first kappa shape index (κ1) is 18.5. The minimum absolute atomic E-state index is 0.0324. The van der Waals surface area contributed by atoms with Crippen molar-refractivity contribution in [2.45, 2.75) is 45.0 Å². The van der Waals surface area contributed by atoms with Gasteiger partial charge in [0.1, 0.15) is 0 Å². The molecule has 8 heteroatoms. The number of hydrogen-bond donors (Lipinski definition) is 2. The van der Waals surface area contributed by atoms with Crippen molar-refractivity contribution >= 4 is 5.97 Å². The number of hydrogen-bond acceptors (Lipinski definition) is 4. The summed E-state index contributed by atoms with van der Waals surface area (Å²) in [5, 5.41) is 12.1. The van der Waals surface area contributed by atoms with E-state index in [9.17, 15) is 18.0 Å². The molecule has 0 radical (unpaired) electrons. The van der Waals surface area contributed by atoms with Crippen LogP contribution >= 0.6 is 0 Å². The van der Waals surface area contributed by atoms with Gasteiger partial charge in [0, 0.05) is 18.6 Å². The molecule has 0 aromatic heterocycles. The molecule has 134 valence electrons. The number of carboxylic acids is 1. The standard InChI is InChI=1S/C16H21F3N2O3/c1-2-21(9-15(22)23)12-6-11(7-12)20-8-10-3-4-14(13(17)5-10)24-16(18)19/h3-5,11-12,16,20H,2,6-9H2,1H3,(H,22,23). The highest BCUT2D eigenvalue weighted by Crippen LogP contribution is 2.26. The summed E-state index contributed by atoms with van der Waals surface area (Å²) in [6.07, 6.45) is 1.66. The molecule has 0 saturated heterocycles. The van der Waals surface area contributed by atoms with Crippen molar-refractivity contribution in [3.8, 4) is 5.75 Å². The molecule has 0 atom stereocenters. The zero-order valence-corrected chi connectivity index (χ0v) is 13.3. The molecule has 0 amide bonds. The molecule has 2 rings (SSSR count). The van der Waals surface area contributed by atoms with Gasteiger partial charge in [-0.05, 0) is 37.1 Å². The van der Waals surface area contributed by atoms with Crippen LogP contribution in [0.15, 0.2) is 18.2 Å². The van der Waals surface area contributed by atoms with E-state index in [1.54, 1.807) is 0 Å². The number of halogens is 3. The molecule has 2 N–H and O–H groups in total. The summed E-state index contributed by atoms with van der Waals surface area (Å²) in [6, 6.07) is 4.37. The van der Waals surface area contributed by atoms with Crippen LogP contribution in [-0.2, 0) is 11.3 Å². The molecule has 1 saturated carbocycles. The molecule has 0 heterocycles. The van der Waals surface area contributed by atoms with Gasteiger partial charge in [-0.2, -0.15) is 8.78 Å². The number of benzene rings is 1. The van der Waals surface area contributed by atoms with Crippen LogP contribution in [0.3, 0.4) is 0 Å². The lowest BCUT2D eigenvalue weighted by Crippen LogP contribution is -2.53. The minimum atomic E-state index is -3.05. The highest BCUT2D eigenvalue weighted by molar-refractivity contribution is 5.69. The molecule has 24 heavy (non-hydrogen) atoms. The van der Waals surface area contributed by atoms with Gasteiger partial charge in [-0.15, -0.1) is 0 Å². The summed E-state index contributed by atoms with van der Waals surface area (Å²) < 4.78 is 41.8. The molecule has 1 aromatic rings. The van der Waals surface area contributed by atoms with Gasteiger partial charge >= 0.3 is 12.6 Å². The van der Waals surface area contributed by atoms with Crippen molar-refractivity contribution in [1.82, 2.24) is 10.2 Å². The van der Waals surface area contributed by atoms with E-state index in [1.807, 2.05) is 11.8 Å². The molecule has 1 aliphatic carbocycles. The Bertz CT molecular complexity index is 565. The van der Waals surface area contributed by atoms with Crippen molar-refractivity contribution in [3.05, 3.63) is 29.6 Å². The van der Waals surface area contributed by atoms with Gasteiger partial charge < -0.3 is 15.2 Å². The number of likely N-dealkylation sites (N-methyl/N-ethyl adjacent to an activating group) is 1. The molecule has 1 aromatic carbocycles. The van der Waals surface area contributed by atoms with E-state index in [0.717, 1.165) is 12.8 Å². The Hall–Kier alpha value is -1.80. The van der Waals surface area contributed by atoms with Gasteiger partial charge in [0.15, 0.2) is 11.6 Å². The van der Waals surface area contributed by atoms with E-state index < -0.39 is 24.1 Å². The normalized spacial score (nSPS) is 20.2. The number of carbonyl (C=O) groups is 1. The quantitative estimate of drug-likeness (QED) is 0.719. The average Bonchev–Trinajstić information content (AvgIpc) is 2.46. The van der Waals surface area contributed by atoms with E-state index in [4.69, 9.17) is 5.11 Å². The van der Waals surface area contributed by atoms with Crippen LogP contribution in [0.5, 0.6) is 5.75 Å². The lowest BCUT2D eigenvalue weighted by Gasteiger charge is -2.42. The van der Waals surface area contributed by atoms with Crippen molar-refractivity contribution < 1.29 is 27.8 Å². The number of ether oxygens (including phenoxy) is 1. The molecule has 0 aliphatic heterocycles. The number of carboxylic acid groups (broad SMARTS) is 1. The lowest BCUT2D eigenvalue weighted by molar-refractivity contribution is -0.139. The molecule has 0 unspecified atom stereocenters. The minimum Gasteiger partial charge on any atom is -0.480 e.